The Bertz CT molecular complexity index is 562. The number of amides is 1. The Morgan fingerprint density at radius 3 is 2.25 bits per heavy atom. The van der Waals surface area contributed by atoms with E-state index >= 15 is 0 Å². The van der Waals surface area contributed by atoms with Gasteiger partial charge in [-0.25, -0.2) is 0 Å². The van der Waals surface area contributed by atoms with Crippen LogP contribution in [0.4, 0.5) is 0 Å². The Hall–Kier alpha value is -1.49. The van der Waals surface area contributed by atoms with Gasteiger partial charge in [0.15, 0.2) is 6.61 Å². The number of esters is 1. The summed E-state index contributed by atoms with van der Waals surface area (Å²) in [6.07, 6.45) is 0.300. The van der Waals surface area contributed by atoms with Gasteiger partial charge in [0.25, 0.3) is 5.91 Å². The van der Waals surface area contributed by atoms with Gasteiger partial charge in [0.1, 0.15) is 0 Å². The number of ether oxygens (including phenoxy) is 1. The molecule has 0 aliphatic carbocycles. The van der Waals surface area contributed by atoms with Crippen LogP contribution in [0.3, 0.4) is 0 Å². The van der Waals surface area contributed by atoms with E-state index in [2.05, 4.69) is 32.0 Å². The minimum Gasteiger partial charge on any atom is -0.456 e. The molecule has 0 radical (unpaired) electrons. The topological polar surface area (TPSA) is 46.6 Å². The highest BCUT2D eigenvalue weighted by molar-refractivity contribution is 7.99. The molecular weight excluding hydrogens is 322 g/mol. The van der Waals surface area contributed by atoms with Crippen molar-refractivity contribution in [3.8, 4) is 0 Å². The highest BCUT2D eigenvalue weighted by atomic mass is 32.2. The SMILES string of the molecule is Cc1ccc(SCCC(=O)OCC(=O)N(C(C)C)C(C)C)cc1C. The Kier molecular flexibility index (Phi) is 8.32. The Morgan fingerprint density at radius 1 is 1.08 bits per heavy atom. The lowest BCUT2D eigenvalue weighted by atomic mass is 10.1. The van der Waals surface area contributed by atoms with Crippen molar-refractivity contribution in [2.24, 2.45) is 0 Å². The van der Waals surface area contributed by atoms with Gasteiger partial charge in [-0.3, -0.25) is 9.59 Å². The molecule has 1 aromatic carbocycles. The molecule has 0 saturated heterocycles. The largest absolute Gasteiger partial charge is 0.456 e. The number of rotatable bonds is 8. The number of carbonyl (C=O) groups is 2. The molecule has 134 valence electrons. The zero-order valence-electron chi connectivity index (χ0n) is 15.6. The van der Waals surface area contributed by atoms with Crippen molar-refractivity contribution in [2.75, 3.05) is 12.4 Å². The molecule has 1 amide bonds. The number of nitrogens with zero attached hydrogens (tertiary/aromatic N) is 1. The predicted octanol–water partition coefficient (Wildman–Crippen LogP) is 3.97. The second-order valence-corrected chi connectivity index (χ2v) is 7.66. The van der Waals surface area contributed by atoms with Gasteiger partial charge in [-0.2, -0.15) is 0 Å². The van der Waals surface area contributed by atoms with Crippen LogP contribution in [-0.2, 0) is 14.3 Å². The van der Waals surface area contributed by atoms with E-state index in [1.165, 1.54) is 11.1 Å². The van der Waals surface area contributed by atoms with Crippen molar-refractivity contribution < 1.29 is 14.3 Å². The van der Waals surface area contributed by atoms with Crippen molar-refractivity contribution in [1.29, 1.82) is 0 Å². The average Bonchev–Trinajstić information content (AvgIpc) is 2.48. The first kappa shape index (κ1) is 20.6. The molecule has 1 aromatic rings. The molecule has 1 rings (SSSR count). The second kappa shape index (κ2) is 9.72. The first-order chi connectivity index (χ1) is 11.2. The maximum atomic E-state index is 12.1. The molecule has 0 aliphatic rings. The first-order valence-electron chi connectivity index (χ1n) is 8.39. The van der Waals surface area contributed by atoms with E-state index in [1.54, 1.807) is 16.7 Å². The average molecular weight is 352 g/mol. The van der Waals surface area contributed by atoms with Gasteiger partial charge < -0.3 is 9.64 Å². The molecule has 0 atom stereocenters. The van der Waals surface area contributed by atoms with E-state index in [0.29, 0.717) is 12.2 Å². The first-order valence-corrected chi connectivity index (χ1v) is 9.37. The van der Waals surface area contributed by atoms with Gasteiger partial charge in [-0.05, 0) is 64.8 Å². The van der Waals surface area contributed by atoms with E-state index in [-0.39, 0.29) is 30.6 Å². The molecule has 0 spiro atoms. The summed E-state index contributed by atoms with van der Waals surface area (Å²) in [5, 5.41) is 0. The van der Waals surface area contributed by atoms with E-state index in [1.807, 2.05) is 27.7 Å². The van der Waals surface area contributed by atoms with Crippen molar-refractivity contribution in [1.82, 2.24) is 4.90 Å². The van der Waals surface area contributed by atoms with E-state index in [9.17, 15) is 9.59 Å². The summed E-state index contributed by atoms with van der Waals surface area (Å²) in [4.78, 5) is 26.8. The molecule has 0 saturated carbocycles. The number of aryl methyl sites for hydroxylation is 2. The van der Waals surface area contributed by atoms with Gasteiger partial charge in [0.2, 0.25) is 0 Å². The van der Waals surface area contributed by atoms with Crippen LogP contribution in [0.5, 0.6) is 0 Å². The minimum absolute atomic E-state index is 0.0940. The Balaban J connectivity index is 2.36. The monoisotopic (exact) mass is 351 g/mol. The van der Waals surface area contributed by atoms with E-state index in [4.69, 9.17) is 4.74 Å². The maximum absolute atomic E-state index is 12.1. The van der Waals surface area contributed by atoms with Crippen molar-refractivity contribution in [3.05, 3.63) is 29.3 Å². The van der Waals surface area contributed by atoms with Crippen LogP contribution in [0.25, 0.3) is 0 Å². The van der Waals surface area contributed by atoms with Crippen LogP contribution in [0, 0.1) is 13.8 Å². The number of benzene rings is 1. The molecule has 24 heavy (non-hydrogen) atoms. The zero-order chi connectivity index (χ0) is 18.3. The minimum atomic E-state index is -0.327. The lowest BCUT2D eigenvalue weighted by Crippen LogP contribution is -2.44. The highest BCUT2D eigenvalue weighted by Gasteiger charge is 2.21. The van der Waals surface area contributed by atoms with Crippen molar-refractivity contribution in [3.63, 3.8) is 0 Å². The number of hydrogen-bond donors (Lipinski definition) is 0. The van der Waals surface area contributed by atoms with Crippen molar-refractivity contribution >= 4 is 23.6 Å². The summed E-state index contributed by atoms with van der Waals surface area (Å²) in [7, 11) is 0. The summed E-state index contributed by atoms with van der Waals surface area (Å²) >= 11 is 1.63. The second-order valence-electron chi connectivity index (χ2n) is 6.49. The summed E-state index contributed by atoms with van der Waals surface area (Å²) in [5.41, 5.74) is 2.51. The molecule has 4 nitrogen and oxygen atoms in total. The molecule has 0 N–H and O–H groups in total. The molecule has 0 unspecified atom stereocenters. The van der Waals surface area contributed by atoms with Gasteiger partial charge >= 0.3 is 5.97 Å². The van der Waals surface area contributed by atoms with Gasteiger partial charge in [-0.15, -0.1) is 11.8 Å². The molecule has 0 aromatic heterocycles. The number of hydrogen-bond acceptors (Lipinski definition) is 4. The number of carbonyl (C=O) groups excluding carboxylic acids is 2. The lowest BCUT2D eigenvalue weighted by molar-refractivity contribution is -0.153. The zero-order valence-corrected chi connectivity index (χ0v) is 16.4. The normalized spacial score (nSPS) is 11.0. The fourth-order valence-electron chi connectivity index (χ4n) is 2.52. The summed E-state index contributed by atoms with van der Waals surface area (Å²) in [5.74, 6) is 0.176. The van der Waals surface area contributed by atoms with Crippen LogP contribution in [-0.4, -0.2) is 41.2 Å². The molecule has 0 fully saturated rings. The molecule has 0 heterocycles. The molecule has 0 aliphatic heterocycles. The Morgan fingerprint density at radius 2 is 1.71 bits per heavy atom. The van der Waals surface area contributed by atoms with Crippen LogP contribution in [0.15, 0.2) is 23.1 Å². The Labute approximate surface area is 149 Å². The fraction of sp³-hybridized carbons (Fsp3) is 0.579. The van der Waals surface area contributed by atoms with E-state index in [0.717, 1.165) is 4.90 Å². The summed E-state index contributed by atoms with van der Waals surface area (Å²) in [6, 6.07) is 6.46. The smallest absolute Gasteiger partial charge is 0.307 e. The molecular formula is C19H29NO3S. The fourth-order valence-corrected chi connectivity index (χ4v) is 3.45. The third-order valence-corrected chi connectivity index (χ3v) is 4.81. The quantitative estimate of drug-likeness (QED) is 0.525. The maximum Gasteiger partial charge on any atom is 0.307 e. The van der Waals surface area contributed by atoms with Crippen molar-refractivity contribution in [2.45, 2.75) is 64.9 Å². The lowest BCUT2D eigenvalue weighted by Gasteiger charge is -2.30. The van der Waals surface area contributed by atoms with E-state index < -0.39 is 0 Å². The highest BCUT2D eigenvalue weighted by Crippen LogP contribution is 2.21. The number of thioether (sulfide) groups is 1. The molecule has 0 bridgehead atoms. The third-order valence-electron chi connectivity index (χ3n) is 3.81. The van der Waals surface area contributed by atoms with Crippen LogP contribution >= 0.6 is 11.8 Å². The van der Waals surface area contributed by atoms with Crippen LogP contribution < -0.4 is 0 Å². The van der Waals surface area contributed by atoms with Gasteiger partial charge in [0, 0.05) is 22.7 Å². The summed E-state index contributed by atoms with van der Waals surface area (Å²) < 4.78 is 5.12. The van der Waals surface area contributed by atoms with Crippen LogP contribution in [0.1, 0.15) is 45.2 Å². The van der Waals surface area contributed by atoms with Gasteiger partial charge in [-0.1, -0.05) is 6.07 Å². The van der Waals surface area contributed by atoms with Gasteiger partial charge in [0.05, 0.1) is 6.42 Å². The summed E-state index contributed by atoms with van der Waals surface area (Å²) in [6.45, 7) is 11.8. The molecule has 5 heteroatoms. The van der Waals surface area contributed by atoms with Crippen LogP contribution in [0.2, 0.25) is 0 Å². The third kappa shape index (κ3) is 6.56. The predicted molar refractivity (Wildman–Crippen MR) is 99.3 cm³/mol. The standard InChI is InChI=1S/C19H29NO3S/c1-13(2)20(14(3)4)18(21)12-23-19(22)9-10-24-17-8-7-15(5)16(6)11-17/h7-8,11,13-14H,9-10,12H2,1-6H3.